The van der Waals surface area contributed by atoms with E-state index in [9.17, 15) is 8.78 Å². The van der Waals surface area contributed by atoms with Gasteiger partial charge in [-0.1, -0.05) is 48.5 Å². The number of aryl methyl sites for hydroxylation is 2. The summed E-state index contributed by atoms with van der Waals surface area (Å²) in [5.41, 5.74) is 2.78. The molecule has 0 aliphatic carbocycles. The molecule has 19 heavy (non-hydrogen) atoms. The van der Waals surface area contributed by atoms with E-state index in [2.05, 4.69) is 5.32 Å². The molecule has 0 aliphatic heterocycles. The molecular formula is C16H17F2N. The highest BCUT2D eigenvalue weighted by Gasteiger charge is 2.31. The Kier molecular flexibility index (Phi) is 3.84. The predicted molar refractivity (Wildman–Crippen MR) is 74.7 cm³/mol. The van der Waals surface area contributed by atoms with Gasteiger partial charge in [0, 0.05) is 11.3 Å². The number of nitrogens with one attached hydrogen (secondary N) is 1. The number of hydrogen-bond acceptors (Lipinski definition) is 1. The Labute approximate surface area is 112 Å². The molecule has 2 aromatic rings. The Morgan fingerprint density at radius 1 is 0.895 bits per heavy atom. The molecule has 2 aromatic carbocycles. The lowest BCUT2D eigenvalue weighted by molar-refractivity contribution is 0.0106. The second kappa shape index (κ2) is 5.39. The van der Waals surface area contributed by atoms with Crippen molar-refractivity contribution in [3.05, 3.63) is 65.2 Å². The minimum absolute atomic E-state index is 0.0359. The Balaban J connectivity index is 2.14. The third-order valence-electron chi connectivity index (χ3n) is 3.16. The Morgan fingerprint density at radius 3 is 2.05 bits per heavy atom. The van der Waals surface area contributed by atoms with E-state index in [-0.39, 0.29) is 5.56 Å². The summed E-state index contributed by atoms with van der Waals surface area (Å²) >= 11 is 0. The highest BCUT2D eigenvalue weighted by atomic mass is 19.3. The van der Waals surface area contributed by atoms with Gasteiger partial charge in [0.2, 0.25) is 0 Å². The van der Waals surface area contributed by atoms with Gasteiger partial charge < -0.3 is 5.32 Å². The largest absolute Gasteiger partial charge is 0.378 e. The van der Waals surface area contributed by atoms with E-state index in [4.69, 9.17) is 0 Å². The molecule has 0 bridgehead atoms. The number of halogens is 2. The van der Waals surface area contributed by atoms with E-state index in [0.29, 0.717) is 0 Å². The van der Waals surface area contributed by atoms with Crippen LogP contribution < -0.4 is 5.32 Å². The summed E-state index contributed by atoms with van der Waals surface area (Å²) in [5, 5.41) is 2.87. The van der Waals surface area contributed by atoms with Crippen molar-refractivity contribution in [3.63, 3.8) is 0 Å². The molecule has 0 saturated heterocycles. The fraction of sp³-hybridized carbons (Fsp3) is 0.250. The lowest BCUT2D eigenvalue weighted by atomic mass is 10.1. The zero-order valence-corrected chi connectivity index (χ0v) is 11.1. The minimum Gasteiger partial charge on any atom is -0.378 e. The molecule has 0 fully saturated rings. The van der Waals surface area contributed by atoms with E-state index in [1.807, 2.05) is 32.0 Å². The molecule has 0 aromatic heterocycles. The van der Waals surface area contributed by atoms with Crippen LogP contribution >= 0.6 is 0 Å². The molecule has 1 nitrogen and oxygen atoms in total. The van der Waals surface area contributed by atoms with Gasteiger partial charge in [-0.15, -0.1) is 0 Å². The fourth-order valence-corrected chi connectivity index (χ4v) is 2.08. The first-order valence-electron chi connectivity index (χ1n) is 6.24. The second-order valence-corrected chi connectivity index (χ2v) is 4.69. The molecule has 0 unspecified atom stereocenters. The van der Waals surface area contributed by atoms with Crippen LogP contribution in [0.3, 0.4) is 0 Å². The first-order chi connectivity index (χ1) is 9.00. The Morgan fingerprint density at radius 2 is 1.47 bits per heavy atom. The van der Waals surface area contributed by atoms with Gasteiger partial charge in [-0.05, 0) is 25.0 Å². The number of anilines is 1. The van der Waals surface area contributed by atoms with Gasteiger partial charge >= 0.3 is 0 Å². The smallest absolute Gasteiger partial charge is 0.290 e. The topological polar surface area (TPSA) is 12.0 Å². The van der Waals surface area contributed by atoms with Crippen molar-refractivity contribution in [1.29, 1.82) is 0 Å². The monoisotopic (exact) mass is 261 g/mol. The van der Waals surface area contributed by atoms with Crippen molar-refractivity contribution < 1.29 is 8.78 Å². The van der Waals surface area contributed by atoms with Gasteiger partial charge in [0.25, 0.3) is 5.92 Å². The molecule has 0 spiro atoms. The lowest BCUT2D eigenvalue weighted by Crippen LogP contribution is -2.25. The van der Waals surface area contributed by atoms with Crippen molar-refractivity contribution >= 4 is 5.69 Å². The van der Waals surface area contributed by atoms with Crippen LogP contribution in [0, 0.1) is 13.8 Å². The van der Waals surface area contributed by atoms with Crippen LogP contribution in [0.5, 0.6) is 0 Å². The van der Waals surface area contributed by atoms with Gasteiger partial charge in [0.1, 0.15) is 0 Å². The summed E-state index contributed by atoms with van der Waals surface area (Å²) in [6.45, 7) is 3.43. The van der Waals surface area contributed by atoms with Crippen LogP contribution in [-0.4, -0.2) is 6.54 Å². The molecule has 0 atom stereocenters. The van der Waals surface area contributed by atoms with Gasteiger partial charge in [-0.25, -0.2) is 0 Å². The minimum atomic E-state index is -2.88. The molecule has 100 valence electrons. The quantitative estimate of drug-likeness (QED) is 0.854. The highest BCUT2D eigenvalue weighted by molar-refractivity contribution is 5.56. The summed E-state index contributed by atoms with van der Waals surface area (Å²) < 4.78 is 28.1. The van der Waals surface area contributed by atoms with Gasteiger partial charge in [-0.3, -0.25) is 0 Å². The summed E-state index contributed by atoms with van der Waals surface area (Å²) in [7, 11) is 0. The first kappa shape index (κ1) is 13.5. The highest BCUT2D eigenvalue weighted by Crippen LogP contribution is 2.29. The first-order valence-corrected chi connectivity index (χ1v) is 6.24. The van der Waals surface area contributed by atoms with Crippen molar-refractivity contribution in [2.24, 2.45) is 0 Å². The third kappa shape index (κ3) is 3.11. The molecule has 0 heterocycles. The van der Waals surface area contributed by atoms with E-state index < -0.39 is 12.5 Å². The fourth-order valence-electron chi connectivity index (χ4n) is 2.08. The summed E-state index contributed by atoms with van der Waals surface area (Å²) in [5.74, 6) is -2.88. The van der Waals surface area contributed by atoms with Gasteiger partial charge in [0.15, 0.2) is 0 Å². The normalized spacial score (nSPS) is 11.4. The van der Waals surface area contributed by atoms with Crippen LogP contribution in [0.2, 0.25) is 0 Å². The average molecular weight is 261 g/mol. The number of benzene rings is 2. The average Bonchev–Trinajstić information content (AvgIpc) is 2.39. The van der Waals surface area contributed by atoms with E-state index in [0.717, 1.165) is 16.8 Å². The maximum absolute atomic E-state index is 14.0. The van der Waals surface area contributed by atoms with Gasteiger partial charge in [-0.2, -0.15) is 8.78 Å². The molecule has 2 rings (SSSR count). The SMILES string of the molecule is Cc1cccc(C)c1NCC(F)(F)c1ccccc1. The van der Waals surface area contributed by atoms with Crippen molar-refractivity contribution in [2.45, 2.75) is 19.8 Å². The maximum Gasteiger partial charge on any atom is 0.290 e. The van der Waals surface area contributed by atoms with E-state index in [1.54, 1.807) is 18.2 Å². The molecule has 0 radical (unpaired) electrons. The van der Waals surface area contributed by atoms with Crippen molar-refractivity contribution in [3.8, 4) is 0 Å². The summed E-state index contributed by atoms with van der Waals surface area (Å²) in [6, 6.07) is 13.6. The van der Waals surface area contributed by atoms with Crippen molar-refractivity contribution in [2.75, 3.05) is 11.9 Å². The van der Waals surface area contributed by atoms with Crippen LogP contribution in [0.15, 0.2) is 48.5 Å². The third-order valence-corrected chi connectivity index (χ3v) is 3.16. The summed E-state index contributed by atoms with van der Waals surface area (Å²) in [4.78, 5) is 0. The number of para-hydroxylation sites is 1. The molecule has 1 N–H and O–H groups in total. The zero-order valence-electron chi connectivity index (χ0n) is 11.1. The van der Waals surface area contributed by atoms with Crippen molar-refractivity contribution in [1.82, 2.24) is 0 Å². The van der Waals surface area contributed by atoms with E-state index in [1.165, 1.54) is 12.1 Å². The predicted octanol–water partition coefficient (Wildman–Crippen LogP) is 4.51. The summed E-state index contributed by atoms with van der Waals surface area (Å²) in [6.07, 6.45) is 0. The number of alkyl halides is 2. The number of hydrogen-bond donors (Lipinski definition) is 1. The van der Waals surface area contributed by atoms with Crippen LogP contribution in [0.25, 0.3) is 0 Å². The zero-order chi connectivity index (χ0) is 13.9. The second-order valence-electron chi connectivity index (χ2n) is 4.69. The Bertz CT molecular complexity index is 530. The maximum atomic E-state index is 14.0. The molecule has 0 aliphatic rings. The van der Waals surface area contributed by atoms with Crippen LogP contribution in [0.1, 0.15) is 16.7 Å². The standard InChI is InChI=1S/C16H17F2N/c1-12-7-6-8-13(2)15(12)19-11-16(17,18)14-9-4-3-5-10-14/h3-10,19H,11H2,1-2H3. The molecule has 3 heteroatoms. The molecule has 0 saturated carbocycles. The van der Waals surface area contributed by atoms with Gasteiger partial charge in [0.05, 0.1) is 6.54 Å². The molecule has 0 amide bonds. The van der Waals surface area contributed by atoms with E-state index >= 15 is 0 Å². The van der Waals surface area contributed by atoms with Crippen LogP contribution in [0.4, 0.5) is 14.5 Å². The van der Waals surface area contributed by atoms with Crippen LogP contribution in [-0.2, 0) is 5.92 Å². The number of rotatable bonds is 4. The molecular weight excluding hydrogens is 244 g/mol. The Hall–Kier alpha value is -1.90. The lowest BCUT2D eigenvalue weighted by Gasteiger charge is -2.20.